The molecule has 5 heteroatoms. The Hall–Kier alpha value is -2.17. The van der Waals surface area contributed by atoms with Gasteiger partial charge in [-0.2, -0.15) is 0 Å². The van der Waals surface area contributed by atoms with E-state index in [2.05, 4.69) is 0 Å². The molecule has 0 bridgehead atoms. The molecule has 3 rings (SSSR count). The highest BCUT2D eigenvalue weighted by Gasteiger charge is 2.49. The molecule has 0 heterocycles. The first-order valence-corrected chi connectivity index (χ1v) is 9.05. The van der Waals surface area contributed by atoms with Gasteiger partial charge in [-0.3, -0.25) is 9.59 Å². The van der Waals surface area contributed by atoms with Crippen LogP contribution in [0.15, 0.2) is 54.6 Å². The monoisotopic (exact) mass is 372 g/mol. The summed E-state index contributed by atoms with van der Waals surface area (Å²) in [5.41, 5.74) is 0.120. The highest BCUT2D eigenvalue weighted by atomic mass is 35.5. The minimum Gasteiger partial charge on any atom is -0.465 e. The molecule has 4 nitrogen and oxygen atoms in total. The highest BCUT2D eigenvalue weighted by Crippen LogP contribution is 2.46. The molecule has 1 saturated carbocycles. The molecule has 2 aromatic carbocycles. The molecule has 1 aliphatic carbocycles. The van der Waals surface area contributed by atoms with E-state index in [1.54, 1.807) is 31.2 Å². The van der Waals surface area contributed by atoms with Crippen molar-refractivity contribution in [2.75, 3.05) is 6.61 Å². The summed E-state index contributed by atoms with van der Waals surface area (Å²) >= 11 is 5.94. The van der Waals surface area contributed by atoms with Crippen molar-refractivity contribution < 1.29 is 19.4 Å². The quantitative estimate of drug-likeness (QED) is 0.654. The van der Waals surface area contributed by atoms with Crippen molar-refractivity contribution >= 4 is 23.4 Å². The van der Waals surface area contributed by atoms with E-state index >= 15 is 0 Å². The van der Waals surface area contributed by atoms with Gasteiger partial charge in [0.25, 0.3) is 0 Å². The van der Waals surface area contributed by atoms with Gasteiger partial charge in [0.2, 0.25) is 0 Å². The Labute approximate surface area is 157 Å². The average molecular weight is 373 g/mol. The number of esters is 1. The lowest BCUT2D eigenvalue weighted by atomic mass is 9.66. The van der Waals surface area contributed by atoms with Crippen molar-refractivity contribution in [3.05, 3.63) is 70.7 Å². The minimum atomic E-state index is -1.34. The van der Waals surface area contributed by atoms with Crippen LogP contribution >= 0.6 is 11.6 Å². The van der Waals surface area contributed by atoms with E-state index in [9.17, 15) is 14.7 Å². The van der Waals surface area contributed by atoms with Crippen LogP contribution in [0.2, 0.25) is 5.02 Å². The number of hydrogen-bond acceptors (Lipinski definition) is 4. The van der Waals surface area contributed by atoms with Gasteiger partial charge in [0, 0.05) is 17.4 Å². The van der Waals surface area contributed by atoms with Gasteiger partial charge >= 0.3 is 5.97 Å². The fourth-order valence-corrected chi connectivity index (χ4v) is 3.82. The number of aliphatic hydroxyl groups is 1. The normalized spacial score (nSPS) is 25.7. The first-order chi connectivity index (χ1) is 12.4. The van der Waals surface area contributed by atoms with Gasteiger partial charge in [-0.15, -0.1) is 0 Å². The van der Waals surface area contributed by atoms with Crippen molar-refractivity contribution in [1.29, 1.82) is 0 Å². The van der Waals surface area contributed by atoms with E-state index in [0.717, 1.165) is 5.56 Å². The summed E-state index contributed by atoms with van der Waals surface area (Å²) in [6.07, 6.45) is 0.134. The van der Waals surface area contributed by atoms with E-state index in [-0.39, 0.29) is 25.2 Å². The number of benzene rings is 2. The van der Waals surface area contributed by atoms with E-state index in [1.807, 2.05) is 30.3 Å². The number of halogens is 1. The van der Waals surface area contributed by atoms with Crippen LogP contribution in [-0.2, 0) is 19.9 Å². The summed E-state index contributed by atoms with van der Waals surface area (Å²) in [6, 6.07) is 16.2. The lowest BCUT2D eigenvalue weighted by Crippen LogP contribution is -2.45. The van der Waals surface area contributed by atoms with Crippen LogP contribution in [0.3, 0.4) is 0 Å². The predicted molar refractivity (Wildman–Crippen MR) is 98.9 cm³/mol. The SMILES string of the molecule is CCOC(=O)[C@@H]1C(=O)C[C@](O)(c2ccc(Cl)cc2)C[C@@H]1c1ccccc1. The molecule has 0 spiro atoms. The maximum atomic E-state index is 12.9. The van der Waals surface area contributed by atoms with E-state index in [4.69, 9.17) is 16.3 Å². The molecular weight excluding hydrogens is 352 g/mol. The van der Waals surface area contributed by atoms with Gasteiger partial charge in [0.05, 0.1) is 12.2 Å². The fourth-order valence-electron chi connectivity index (χ4n) is 3.69. The summed E-state index contributed by atoms with van der Waals surface area (Å²) in [7, 11) is 0. The highest BCUT2D eigenvalue weighted by molar-refractivity contribution is 6.30. The van der Waals surface area contributed by atoms with E-state index in [0.29, 0.717) is 10.6 Å². The zero-order valence-electron chi connectivity index (χ0n) is 14.5. The van der Waals surface area contributed by atoms with Crippen molar-refractivity contribution in [3.8, 4) is 0 Å². The average Bonchev–Trinajstić information content (AvgIpc) is 2.62. The summed E-state index contributed by atoms with van der Waals surface area (Å²) in [6.45, 7) is 1.93. The maximum Gasteiger partial charge on any atom is 0.317 e. The first kappa shape index (κ1) is 18.6. The molecule has 0 amide bonds. The molecule has 0 aliphatic heterocycles. The Bertz CT molecular complexity index is 787. The zero-order chi connectivity index (χ0) is 18.7. The summed E-state index contributed by atoms with van der Waals surface area (Å²) < 4.78 is 5.13. The fraction of sp³-hybridized carbons (Fsp3) is 0.333. The van der Waals surface area contributed by atoms with Crippen LogP contribution in [0.1, 0.15) is 36.8 Å². The van der Waals surface area contributed by atoms with Gasteiger partial charge < -0.3 is 9.84 Å². The van der Waals surface area contributed by atoms with Crippen LogP contribution < -0.4 is 0 Å². The third kappa shape index (κ3) is 3.67. The standard InChI is InChI=1S/C21H21ClO4/c1-2-26-20(24)19-17(14-6-4-3-5-7-14)12-21(25,13-18(19)23)15-8-10-16(22)11-9-15/h3-11,17,19,25H,2,12-13H2,1H3/t17-,19+,21+/m1/s1. The second kappa shape index (κ2) is 7.60. The molecule has 1 N–H and O–H groups in total. The number of carbonyl (C=O) groups excluding carboxylic acids is 2. The molecule has 1 aliphatic rings. The van der Waals surface area contributed by atoms with E-state index in [1.165, 1.54) is 0 Å². The van der Waals surface area contributed by atoms with Crippen molar-refractivity contribution in [2.24, 2.45) is 5.92 Å². The lowest BCUT2D eigenvalue weighted by Gasteiger charge is -2.40. The Morgan fingerprint density at radius 1 is 1.19 bits per heavy atom. The Morgan fingerprint density at radius 2 is 1.85 bits per heavy atom. The molecule has 26 heavy (non-hydrogen) atoms. The molecule has 0 unspecified atom stereocenters. The molecule has 1 fully saturated rings. The second-order valence-electron chi connectivity index (χ2n) is 6.63. The number of Topliss-reactive ketones (excluding diaryl/α,β-unsaturated/α-hetero) is 1. The summed E-state index contributed by atoms with van der Waals surface area (Å²) in [5.74, 6) is -2.17. The zero-order valence-corrected chi connectivity index (χ0v) is 15.3. The van der Waals surface area contributed by atoms with Gasteiger partial charge in [-0.25, -0.2) is 0 Å². The summed E-state index contributed by atoms with van der Waals surface area (Å²) in [4.78, 5) is 25.3. The van der Waals surface area contributed by atoms with Gasteiger partial charge in [0.1, 0.15) is 5.92 Å². The number of rotatable bonds is 4. The van der Waals surface area contributed by atoms with Gasteiger partial charge in [-0.1, -0.05) is 54.1 Å². The number of ether oxygens (including phenoxy) is 1. The minimum absolute atomic E-state index is 0.124. The van der Waals surface area contributed by atoms with Crippen LogP contribution in [0, 0.1) is 5.92 Å². The largest absolute Gasteiger partial charge is 0.465 e. The van der Waals surface area contributed by atoms with Crippen molar-refractivity contribution in [3.63, 3.8) is 0 Å². The van der Waals surface area contributed by atoms with E-state index < -0.39 is 23.4 Å². The Balaban J connectivity index is 2.00. The van der Waals surface area contributed by atoms with Crippen LogP contribution in [0.25, 0.3) is 0 Å². The van der Waals surface area contributed by atoms with Gasteiger partial charge in [-0.05, 0) is 36.6 Å². The molecular formula is C21H21ClO4. The van der Waals surface area contributed by atoms with Gasteiger partial charge in [0.15, 0.2) is 5.78 Å². The number of carbonyl (C=O) groups is 2. The van der Waals surface area contributed by atoms with Crippen LogP contribution in [0.4, 0.5) is 0 Å². The third-order valence-electron chi connectivity index (χ3n) is 4.92. The summed E-state index contributed by atoms with van der Waals surface area (Å²) in [5, 5.41) is 11.8. The van der Waals surface area contributed by atoms with Crippen LogP contribution in [0.5, 0.6) is 0 Å². The molecule has 0 radical (unpaired) electrons. The van der Waals surface area contributed by atoms with Crippen molar-refractivity contribution in [1.82, 2.24) is 0 Å². The Morgan fingerprint density at radius 3 is 2.46 bits per heavy atom. The first-order valence-electron chi connectivity index (χ1n) is 8.67. The maximum absolute atomic E-state index is 12.9. The second-order valence-corrected chi connectivity index (χ2v) is 7.07. The molecule has 0 aromatic heterocycles. The number of hydrogen-bond donors (Lipinski definition) is 1. The predicted octanol–water partition coefficient (Wildman–Crippen LogP) is 3.85. The third-order valence-corrected chi connectivity index (χ3v) is 5.18. The van der Waals surface area contributed by atoms with Crippen LogP contribution in [-0.4, -0.2) is 23.5 Å². The smallest absolute Gasteiger partial charge is 0.317 e. The molecule has 0 saturated heterocycles. The van der Waals surface area contributed by atoms with Crippen molar-refractivity contribution in [2.45, 2.75) is 31.3 Å². The number of ketones is 1. The lowest BCUT2D eigenvalue weighted by molar-refractivity contribution is -0.158. The molecule has 136 valence electrons. The molecule has 2 aromatic rings. The topological polar surface area (TPSA) is 63.6 Å². The molecule has 3 atom stereocenters. The Kier molecular flexibility index (Phi) is 5.44.